The first-order valence-corrected chi connectivity index (χ1v) is 7.83. The number of carbonyl (C=O) groups excluding carboxylic acids is 2. The Morgan fingerprint density at radius 2 is 1.72 bits per heavy atom. The molecule has 0 heterocycles. The summed E-state index contributed by atoms with van der Waals surface area (Å²) in [5.74, 6) is -1.91. The van der Waals surface area contributed by atoms with Crippen LogP contribution in [0.15, 0.2) is 42.5 Å². The molecule has 2 aromatic rings. The minimum absolute atomic E-state index is 0.00691. The lowest BCUT2D eigenvalue weighted by atomic mass is 10.3. The molecular formula is C17H17ClF2N3O2+. The lowest BCUT2D eigenvalue weighted by Gasteiger charge is -2.14. The largest absolute Gasteiger partial charge is 0.322 e. The fourth-order valence-corrected chi connectivity index (χ4v) is 2.33. The van der Waals surface area contributed by atoms with E-state index in [0.717, 1.165) is 6.07 Å². The van der Waals surface area contributed by atoms with Crippen LogP contribution in [0.4, 0.5) is 20.2 Å². The van der Waals surface area contributed by atoms with Gasteiger partial charge in [0.1, 0.15) is 11.6 Å². The molecule has 0 bridgehead atoms. The van der Waals surface area contributed by atoms with E-state index in [2.05, 4.69) is 10.6 Å². The molecule has 1 atom stereocenters. The Morgan fingerprint density at radius 3 is 2.36 bits per heavy atom. The van der Waals surface area contributed by atoms with Crippen molar-refractivity contribution in [3.63, 3.8) is 0 Å². The molecule has 25 heavy (non-hydrogen) atoms. The molecule has 0 spiro atoms. The molecule has 0 radical (unpaired) electrons. The summed E-state index contributed by atoms with van der Waals surface area (Å²) in [5.41, 5.74) is 0.358. The van der Waals surface area contributed by atoms with Gasteiger partial charge in [0.15, 0.2) is 13.1 Å². The topological polar surface area (TPSA) is 62.6 Å². The Kier molecular flexibility index (Phi) is 6.44. The third-order valence-corrected chi connectivity index (χ3v) is 3.47. The van der Waals surface area contributed by atoms with E-state index >= 15 is 0 Å². The van der Waals surface area contributed by atoms with Crippen molar-refractivity contribution < 1.29 is 23.3 Å². The smallest absolute Gasteiger partial charge is 0.279 e. The summed E-state index contributed by atoms with van der Waals surface area (Å²) in [5, 5.41) is 5.20. The summed E-state index contributed by atoms with van der Waals surface area (Å²) in [6.45, 7) is -0.0499. The van der Waals surface area contributed by atoms with Gasteiger partial charge in [-0.1, -0.05) is 17.7 Å². The van der Waals surface area contributed by atoms with Crippen molar-refractivity contribution in [2.24, 2.45) is 0 Å². The van der Waals surface area contributed by atoms with Gasteiger partial charge in [-0.2, -0.15) is 0 Å². The van der Waals surface area contributed by atoms with E-state index in [1.807, 2.05) is 0 Å². The van der Waals surface area contributed by atoms with Gasteiger partial charge in [0.05, 0.1) is 12.7 Å². The maximum Gasteiger partial charge on any atom is 0.279 e. The van der Waals surface area contributed by atoms with Crippen LogP contribution in [-0.2, 0) is 9.59 Å². The maximum atomic E-state index is 13.6. The van der Waals surface area contributed by atoms with Crippen molar-refractivity contribution >= 4 is 34.8 Å². The second-order valence-electron chi connectivity index (χ2n) is 5.54. The number of nitrogens with one attached hydrogen (secondary N) is 3. The molecule has 0 aliphatic heterocycles. The van der Waals surface area contributed by atoms with Gasteiger partial charge in [-0.15, -0.1) is 0 Å². The third-order valence-electron chi connectivity index (χ3n) is 3.24. The minimum Gasteiger partial charge on any atom is -0.322 e. The van der Waals surface area contributed by atoms with Crippen LogP contribution < -0.4 is 15.5 Å². The van der Waals surface area contributed by atoms with Crippen LogP contribution in [-0.4, -0.2) is 32.0 Å². The van der Waals surface area contributed by atoms with Crippen LogP contribution in [0.3, 0.4) is 0 Å². The number of carbonyl (C=O) groups is 2. The number of likely N-dealkylation sites (N-methyl/N-ethyl adjacent to an activating group) is 1. The number of anilines is 2. The van der Waals surface area contributed by atoms with Gasteiger partial charge < -0.3 is 15.5 Å². The molecule has 5 nitrogen and oxygen atoms in total. The zero-order valence-corrected chi connectivity index (χ0v) is 14.2. The fourth-order valence-electron chi connectivity index (χ4n) is 2.17. The van der Waals surface area contributed by atoms with Crippen molar-refractivity contribution in [1.82, 2.24) is 0 Å². The normalized spacial score (nSPS) is 11.7. The van der Waals surface area contributed by atoms with Crippen LogP contribution in [0.25, 0.3) is 0 Å². The van der Waals surface area contributed by atoms with E-state index in [4.69, 9.17) is 11.6 Å². The van der Waals surface area contributed by atoms with Crippen molar-refractivity contribution in [2.45, 2.75) is 0 Å². The molecular weight excluding hydrogens is 352 g/mol. The average molecular weight is 369 g/mol. The third kappa shape index (κ3) is 6.13. The van der Waals surface area contributed by atoms with E-state index in [1.165, 1.54) is 30.3 Å². The minimum atomic E-state index is -0.637. The van der Waals surface area contributed by atoms with Crippen LogP contribution >= 0.6 is 11.6 Å². The highest BCUT2D eigenvalue weighted by molar-refractivity contribution is 6.30. The van der Waals surface area contributed by atoms with E-state index in [9.17, 15) is 18.4 Å². The lowest BCUT2D eigenvalue weighted by Crippen LogP contribution is -3.11. The number of hydrogen-bond acceptors (Lipinski definition) is 2. The summed E-state index contributed by atoms with van der Waals surface area (Å²) in [4.78, 5) is 24.4. The van der Waals surface area contributed by atoms with E-state index in [0.29, 0.717) is 10.6 Å². The van der Waals surface area contributed by atoms with Crippen molar-refractivity contribution in [3.05, 3.63) is 59.1 Å². The van der Waals surface area contributed by atoms with Gasteiger partial charge in [0.25, 0.3) is 11.8 Å². The predicted molar refractivity (Wildman–Crippen MR) is 91.7 cm³/mol. The Bertz CT molecular complexity index is 786. The lowest BCUT2D eigenvalue weighted by molar-refractivity contribution is -0.862. The second-order valence-corrected chi connectivity index (χ2v) is 5.98. The average Bonchev–Trinajstić information content (AvgIpc) is 2.49. The molecule has 2 rings (SSSR count). The number of rotatable bonds is 6. The van der Waals surface area contributed by atoms with Crippen molar-refractivity contribution in [1.29, 1.82) is 0 Å². The fraction of sp³-hybridized carbons (Fsp3) is 0.176. The highest BCUT2D eigenvalue weighted by atomic mass is 35.5. The van der Waals surface area contributed by atoms with Gasteiger partial charge in [-0.25, -0.2) is 8.78 Å². The summed E-state index contributed by atoms with van der Waals surface area (Å²) < 4.78 is 26.7. The molecule has 2 aromatic carbocycles. The Labute approximate surface area is 148 Å². The molecule has 0 aliphatic rings. The zero-order chi connectivity index (χ0) is 18.4. The summed E-state index contributed by atoms with van der Waals surface area (Å²) in [7, 11) is 1.64. The quantitative estimate of drug-likeness (QED) is 0.727. The van der Waals surface area contributed by atoms with Gasteiger partial charge in [-0.05, 0) is 36.4 Å². The zero-order valence-electron chi connectivity index (χ0n) is 13.4. The predicted octanol–water partition coefficient (Wildman–Crippen LogP) is 1.71. The molecule has 0 saturated carbocycles. The first-order valence-electron chi connectivity index (χ1n) is 7.45. The van der Waals surface area contributed by atoms with Crippen molar-refractivity contribution in [3.8, 4) is 0 Å². The SMILES string of the molecule is C[NH+](CC(=O)Nc1cccc(F)c1)CC(=O)Nc1ccc(Cl)cc1F. The standard InChI is InChI=1S/C17H16ClF2N3O2/c1-23(9-16(24)21-13-4-2-3-12(19)8-13)10-17(25)22-15-6-5-11(18)7-14(15)20/h2-8H,9-10H2,1H3,(H,21,24)(H,22,25)/p+1. The highest BCUT2D eigenvalue weighted by Gasteiger charge is 2.16. The van der Waals surface area contributed by atoms with Gasteiger partial charge in [0.2, 0.25) is 0 Å². The van der Waals surface area contributed by atoms with Crippen LogP contribution in [0.2, 0.25) is 5.02 Å². The van der Waals surface area contributed by atoms with Crippen molar-refractivity contribution in [2.75, 3.05) is 30.8 Å². The van der Waals surface area contributed by atoms with Crippen LogP contribution in [0, 0.1) is 11.6 Å². The summed E-state index contributed by atoms with van der Waals surface area (Å²) >= 11 is 5.65. The summed E-state index contributed by atoms with van der Waals surface area (Å²) in [6, 6.07) is 9.43. The first-order chi connectivity index (χ1) is 11.8. The molecule has 0 saturated heterocycles. The van der Waals surface area contributed by atoms with Crippen LogP contribution in [0.5, 0.6) is 0 Å². The van der Waals surface area contributed by atoms with Gasteiger partial charge >= 0.3 is 0 Å². The molecule has 2 amide bonds. The molecule has 132 valence electrons. The van der Waals surface area contributed by atoms with Gasteiger partial charge in [-0.3, -0.25) is 9.59 Å². The van der Waals surface area contributed by atoms with Crippen LogP contribution in [0.1, 0.15) is 0 Å². The summed E-state index contributed by atoms with van der Waals surface area (Å²) in [6.07, 6.45) is 0. The molecule has 0 aromatic heterocycles. The number of amides is 2. The highest BCUT2D eigenvalue weighted by Crippen LogP contribution is 2.18. The first kappa shape index (κ1) is 18.8. The second kappa shape index (κ2) is 8.55. The molecule has 1 unspecified atom stereocenters. The number of benzene rings is 2. The molecule has 3 N–H and O–H groups in total. The maximum absolute atomic E-state index is 13.6. The Balaban J connectivity index is 1.83. The number of quaternary nitrogens is 1. The monoisotopic (exact) mass is 368 g/mol. The molecule has 8 heteroatoms. The number of halogens is 3. The number of hydrogen-bond donors (Lipinski definition) is 3. The van der Waals surface area contributed by atoms with E-state index in [1.54, 1.807) is 13.1 Å². The molecule has 0 aliphatic carbocycles. The van der Waals surface area contributed by atoms with E-state index in [-0.39, 0.29) is 29.7 Å². The molecule has 0 fully saturated rings. The van der Waals surface area contributed by atoms with Gasteiger partial charge in [0, 0.05) is 10.7 Å². The Hall–Kier alpha value is -2.51. The van der Waals surface area contributed by atoms with E-state index < -0.39 is 17.5 Å². The Morgan fingerprint density at radius 1 is 1.04 bits per heavy atom.